The Labute approximate surface area is 193 Å². The lowest BCUT2D eigenvalue weighted by Crippen LogP contribution is -2.29. The van der Waals surface area contributed by atoms with Gasteiger partial charge >= 0.3 is 0 Å². The van der Waals surface area contributed by atoms with Crippen LogP contribution in [0.25, 0.3) is 0 Å². The summed E-state index contributed by atoms with van der Waals surface area (Å²) in [7, 11) is -7.37. The summed E-state index contributed by atoms with van der Waals surface area (Å²) in [5.74, 6) is 0. The largest absolute Gasteiger partial charge is 0.219 e. The SMILES string of the molecule is CC[C@]12C=C(S(=O)(=O)c3ccc(Cl)cc3)C[C@]1(C)C=C(S(=O)(=O)c1ccc(Cl)cc1)C2. The molecule has 164 valence electrons. The molecule has 0 aliphatic heterocycles. The highest BCUT2D eigenvalue weighted by molar-refractivity contribution is 7.95. The topological polar surface area (TPSA) is 68.3 Å². The highest BCUT2D eigenvalue weighted by Gasteiger charge is 2.56. The minimum Gasteiger partial charge on any atom is -0.219 e. The molecule has 0 radical (unpaired) electrons. The molecule has 0 bridgehead atoms. The molecule has 0 fully saturated rings. The molecular formula is C23H22Cl2O4S2. The normalized spacial score (nSPS) is 25.8. The van der Waals surface area contributed by atoms with Gasteiger partial charge in [-0.05, 0) is 67.8 Å². The molecule has 4 rings (SSSR count). The molecule has 0 unspecified atom stereocenters. The van der Waals surface area contributed by atoms with Crippen molar-refractivity contribution in [3.05, 3.63) is 80.5 Å². The molecule has 31 heavy (non-hydrogen) atoms. The van der Waals surface area contributed by atoms with Crippen molar-refractivity contribution >= 4 is 42.9 Å². The number of hydrogen-bond donors (Lipinski definition) is 0. The number of fused-ring (bicyclic) bond motifs is 1. The van der Waals surface area contributed by atoms with E-state index in [-0.39, 0.29) is 22.6 Å². The zero-order valence-corrected chi connectivity index (χ0v) is 20.2. The zero-order valence-electron chi connectivity index (χ0n) is 17.1. The molecule has 2 aromatic carbocycles. The highest BCUT2D eigenvalue weighted by Crippen LogP contribution is 2.63. The molecule has 4 nitrogen and oxygen atoms in total. The second-order valence-electron chi connectivity index (χ2n) is 8.42. The monoisotopic (exact) mass is 496 g/mol. The maximum Gasteiger partial charge on any atom is 0.202 e. The van der Waals surface area contributed by atoms with Gasteiger partial charge in [-0.1, -0.05) is 49.2 Å². The summed E-state index contributed by atoms with van der Waals surface area (Å²) < 4.78 is 53.0. The van der Waals surface area contributed by atoms with E-state index in [1.165, 1.54) is 24.3 Å². The minimum atomic E-state index is -3.68. The van der Waals surface area contributed by atoms with Gasteiger partial charge in [0.25, 0.3) is 0 Å². The van der Waals surface area contributed by atoms with Crippen molar-refractivity contribution in [1.29, 1.82) is 0 Å². The Bertz CT molecular complexity index is 1310. The van der Waals surface area contributed by atoms with Gasteiger partial charge in [-0.3, -0.25) is 0 Å². The fraction of sp³-hybridized carbons (Fsp3) is 0.304. The van der Waals surface area contributed by atoms with E-state index >= 15 is 0 Å². The van der Waals surface area contributed by atoms with Crippen LogP contribution in [0, 0.1) is 10.8 Å². The van der Waals surface area contributed by atoms with Crippen molar-refractivity contribution in [2.75, 3.05) is 0 Å². The maximum atomic E-state index is 13.2. The molecule has 0 saturated carbocycles. The second kappa shape index (κ2) is 7.48. The van der Waals surface area contributed by atoms with Gasteiger partial charge in [-0.2, -0.15) is 0 Å². The molecular weight excluding hydrogens is 475 g/mol. The average molecular weight is 497 g/mol. The van der Waals surface area contributed by atoms with Crippen molar-refractivity contribution in [1.82, 2.24) is 0 Å². The van der Waals surface area contributed by atoms with Crippen LogP contribution in [-0.4, -0.2) is 16.8 Å². The van der Waals surface area contributed by atoms with Crippen LogP contribution in [0.1, 0.15) is 33.1 Å². The molecule has 0 N–H and O–H groups in total. The summed E-state index contributed by atoms with van der Waals surface area (Å²) in [4.78, 5) is 1.05. The summed E-state index contributed by atoms with van der Waals surface area (Å²) >= 11 is 11.8. The van der Waals surface area contributed by atoms with Crippen molar-refractivity contribution in [3.8, 4) is 0 Å². The van der Waals surface area contributed by atoms with Gasteiger partial charge in [0.15, 0.2) is 0 Å². The first-order valence-electron chi connectivity index (χ1n) is 9.88. The lowest BCUT2D eigenvalue weighted by atomic mass is 9.67. The van der Waals surface area contributed by atoms with Crippen molar-refractivity contribution in [2.24, 2.45) is 10.8 Å². The molecule has 0 heterocycles. The number of hydrogen-bond acceptors (Lipinski definition) is 4. The third kappa shape index (κ3) is 3.58. The highest BCUT2D eigenvalue weighted by atomic mass is 35.5. The lowest BCUT2D eigenvalue weighted by Gasteiger charge is -2.36. The summed E-state index contributed by atoms with van der Waals surface area (Å²) in [6, 6.07) is 12.2. The summed E-state index contributed by atoms with van der Waals surface area (Å²) in [5.41, 5.74) is -1.18. The zero-order chi connectivity index (χ0) is 22.7. The van der Waals surface area contributed by atoms with Gasteiger partial charge in [-0.25, -0.2) is 16.8 Å². The van der Waals surface area contributed by atoms with E-state index in [4.69, 9.17) is 23.2 Å². The smallest absolute Gasteiger partial charge is 0.202 e. The molecule has 0 amide bonds. The molecule has 8 heteroatoms. The van der Waals surface area contributed by atoms with Crippen LogP contribution < -0.4 is 0 Å². The van der Waals surface area contributed by atoms with Crippen molar-refractivity contribution in [3.63, 3.8) is 0 Å². The number of halogens is 2. The Balaban J connectivity index is 1.72. The van der Waals surface area contributed by atoms with Gasteiger partial charge in [0.2, 0.25) is 19.7 Å². The number of benzene rings is 2. The Morgan fingerprint density at radius 1 is 0.742 bits per heavy atom. The summed E-state index contributed by atoms with van der Waals surface area (Å²) in [6.07, 6.45) is 4.70. The maximum absolute atomic E-state index is 13.2. The van der Waals surface area contributed by atoms with Crippen LogP contribution in [-0.2, 0) is 19.7 Å². The number of rotatable bonds is 5. The number of sulfone groups is 2. The Morgan fingerprint density at radius 3 is 1.55 bits per heavy atom. The molecule has 2 aliphatic carbocycles. The molecule has 0 saturated heterocycles. The quantitative estimate of drug-likeness (QED) is 0.492. The first kappa shape index (κ1) is 22.6. The van der Waals surface area contributed by atoms with Crippen LogP contribution in [0.15, 0.2) is 80.3 Å². The first-order chi connectivity index (χ1) is 14.4. The van der Waals surface area contributed by atoms with E-state index in [0.29, 0.717) is 26.3 Å². The fourth-order valence-corrected chi connectivity index (χ4v) is 8.31. The minimum absolute atomic E-state index is 0.191. The van der Waals surface area contributed by atoms with E-state index in [1.54, 1.807) is 36.4 Å². The van der Waals surface area contributed by atoms with Crippen LogP contribution in [0.3, 0.4) is 0 Å². The lowest BCUT2D eigenvalue weighted by molar-refractivity contribution is 0.196. The van der Waals surface area contributed by atoms with Crippen molar-refractivity contribution < 1.29 is 16.8 Å². The first-order valence-corrected chi connectivity index (χ1v) is 13.6. The van der Waals surface area contributed by atoms with Crippen molar-refractivity contribution in [2.45, 2.75) is 42.9 Å². The number of allylic oxidation sites excluding steroid dienone is 4. The van der Waals surface area contributed by atoms with Crippen LogP contribution in [0.2, 0.25) is 10.0 Å². The Hall–Kier alpha value is -1.60. The Kier molecular flexibility index (Phi) is 5.45. The van der Waals surface area contributed by atoms with Gasteiger partial charge in [0, 0.05) is 30.7 Å². The molecule has 0 spiro atoms. The third-order valence-corrected chi connectivity index (χ3v) is 10.8. The van der Waals surface area contributed by atoms with E-state index in [2.05, 4.69) is 0 Å². The predicted octanol–water partition coefficient (Wildman–Crippen LogP) is 6.22. The van der Waals surface area contributed by atoms with Crippen LogP contribution in [0.4, 0.5) is 0 Å². The average Bonchev–Trinajstić information content (AvgIpc) is 3.17. The van der Waals surface area contributed by atoms with Gasteiger partial charge in [-0.15, -0.1) is 0 Å². The molecule has 2 aromatic rings. The summed E-state index contributed by atoms with van der Waals surface area (Å²) in [5, 5.41) is 0.932. The summed E-state index contributed by atoms with van der Waals surface area (Å²) in [6.45, 7) is 3.92. The van der Waals surface area contributed by atoms with E-state index < -0.39 is 30.5 Å². The van der Waals surface area contributed by atoms with Gasteiger partial charge in [0.1, 0.15) is 0 Å². The van der Waals surface area contributed by atoms with Gasteiger partial charge in [0.05, 0.1) is 9.79 Å². The standard InChI is InChI=1S/C23H22Cl2O4S2/c1-3-23-14-20(30(26,27)18-8-4-16(24)5-9-18)12-22(23,2)13-21(15-23)31(28,29)19-10-6-17(25)7-11-19/h4-12,15H,3,13-14H2,1-2H3/t22-,23-/m0/s1. The van der Waals surface area contributed by atoms with Crippen LogP contribution in [0.5, 0.6) is 0 Å². The van der Waals surface area contributed by atoms with Gasteiger partial charge < -0.3 is 0 Å². The molecule has 2 aliphatic rings. The predicted molar refractivity (Wildman–Crippen MR) is 124 cm³/mol. The molecule has 2 atom stereocenters. The van der Waals surface area contributed by atoms with E-state index in [0.717, 1.165) is 0 Å². The second-order valence-corrected chi connectivity index (χ2v) is 13.3. The van der Waals surface area contributed by atoms with E-state index in [9.17, 15) is 16.8 Å². The van der Waals surface area contributed by atoms with Crippen LogP contribution >= 0.6 is 23.2 Å². The Morgan fingerprint density at radius 2 is 1.16 bits per heavy atom. The van der Waals surface area contributed by atoms with E-state index in [1.807, 2.05) is 13.8 Å². The third-order valence-electron chi connectivity index (χ3n) is 6.65. The fourth-order valence-electron chi connectivity index (χ4n) is 4.73. The molecule has 0 aromatic heterocycles.